The normalized spacial score (nSPS) is 16.2. The van der Waals surface area contributed by atoms with Gasteiger partial charge >= 0.3 is 0 Å². The molecule has 27 heavy (non-hydrogen) atoms. The molecule has 1 atom stereocenters. The van der Waals surface area contributed by atoms with Crippen molar-refractivity contribution < 1.29 is 18.7 Å². The fraction of sp³-hybridized carbons (Fsp3) is 0.200. The van der Waals surface area contributed by atoms with Gasteiger partial charge in [-0.2, -0.15) is 0 Å². The van der Waals surface area contributed by atoms with Crippen molar-refractivity contribution in [2.24, 2.45) is 0 Å². The van der Waals surface area contributed by atoms with Gasteiger partial charge in [0.15, 0.2) is 5.43 Å². The number of aryl methyl sites for hydroxylation is 1. The minimum absolute atomic E-state index is 0.0579. The average Bonchev–Trinajstić information content (AvgIpc) is 2.91. The van der Waals surface area contributed by atoms with Crippen LogP contribution in [0.25, 0.3) is 11.0 Å². The Morgan fingerprint density at radius 1 is 1.26 bits per heavy atom. The number of carbonyl (C=O) groups excluding carboxylic acids is 1. The molecule has 2 aromatic carbocycles. The van der Waals surface area contributed by atoms with E-state index in [0.717, 1.165) is 0 Å². The van der Waals surface area contributed by atoms with Gasteiger partial charge in [-0.3, -0.25) is 9.59 Å². The van der Waals surface area contributed by atoms with Crippen LogP contribution in [0.5, 0.6) is 0 Å². The molecule has 0 fully saturated rings. The number of β-amino-alcohol motifs (C(OH)–C–C–N with tert-alkyl or cyclic N) is 1. The number of hydrogen-bond donors (Lipinski definition) is 1. The molecule has 1 aliphatic heterocycles. The van der Waals surface area contributed by atoms with Gasteiger partial charge in [0, 0.05) is 17.1 Å². The Morgan fingerprint density at radius 2 is 2.00 bits per heavy atom. The van der Waals surface area contributed by atoms with Crippen molar-refractivity contribution in [1.82, 2.24) is 4.90 Å². The molecule has 1 amide bonds. The highest BCUT2D eigenvalue weighted by molar-refractivity contribution is 6.32. The van der Waals surface area contributed by atoms with E-state index in [2.05, 4.69) is 0 Å². The van der Waals surface area contributed by atoms with Crippen molar-refractivity contribution in [2.75, 3.05) is 13.2 Å². The average molecular weight is 388 g/mol. The van der Waals surface area contributed by atoms with Crippen LogP contribution in [0, 0.1) is 12.7 Å². The van der Waals surface area contributed by atoms with E-state index < -0.39 is 23.2 Å². The molecule has 1 aromatic heterocycles. The van der Waals surface area contributed by atoms with Gasteiger partial charge < -0.3 is 14.4 Å². The second kappa shape index (κ2) is 6.48. The Labute approximate surface area is 158 Å². The van der Waals surface area contributed by atoms with Gasteiger partial charge in [-0.1, -0.05) is 29.8 Å². The Balaban J connectivity index is 2.06. The van der Waals surface area contributed by atoms with Crippen LogP contribution in [0.4, 0.5) is 4.39 Å². The molecule has 1 aliphatic rings. The summed E-state index contributed by atoms with van der Waals surface area (Å²) in [6.45, 7) is 1.37. The van der Waals surface area contributed by atoms with Crippen LogP contribution in [0.15, 0.2) is 45.6 Å². The fourth-order valence-corrected chi connectivity index (χ4v) is 3.66. The van der Waals surface area contributed by atoms with Gasteiger partial charge in [0.05, 0.1) is 23.6 Å². The molecule has 4 rings (SSSR count). The molecule has 1 N–H and O–H groups in total. The zero-order chi connectivity index (χ0) is 19.3. The van der Waals surface area contributed by atoms with Gasteiger partial charge in [-0.25, -0.2) is 4.39 Å². The standard InChI is InChI=1S/C20H15ClFNO4/c1-10-8-15-12(9-13(10)21)18(25)16-17(11-4-2-3-5-14(11)22)23(6-7-24)20(26)19(16)27-15/h2-5,8-9,17,24H,6-7H2,1H3/t17-/m1/s1. The molecule has 0 radical (unpaired) electrons. The molecule has 0 spiro atoms. The number of nitrogens with zero attached hydrogens (tertiary/aromatic N) is 1. The maximum Gasteiger partial charge on any atom is 0.290 e. The van der Waals surface area contributed by atoms with Gasteiger partial charge in [-0.15, -0.1) is 0 Å². The van der Waals surface area contributed by atoms with Crippen LogP contribution in [0.3, 0.4) is 0 Å². The lowest BCUT2D eigenvalue weighted by Gasteiger charge is -2.24. The molecule has 138 valence electrons. The zero-order valence-corrected chi connectivity index (χ0v) is 15.1. The first kappa shape index (κ1) is 17.7. The topological polar surface area (TPSA) is 70.8 Å². The van der Waals surface area contributed by atoms with Crippen LogP contribution >= 0.6 is 11.6 Å². The summed E-state index contributed by atoms with van der Waals surface area (Å²) in [6, 6.07) is 8.05. The predicted molar refractivity (Wildman–Crippen MR) is 98.6 cm³/mol. The fourth-order valence-electron chi connectivity index (χ4n) is 3.50. The first-order valence-corrected chi connectivity index (χ1v) is 8.75. The van der Waals surface area contributed by atoms with Crippen LogP contribution < -0.4 is 5.43 Å². The maximum atomic E-state index is 14.5. The predicted octanol–water partition coefficient (Wildman–Crippen LogP) is 3.43. The largest absolute Gasteiger partial charge is 0.450 e. The monoisotopic (exact) mass is 387 g/mol. The molecule has 0 bridgehead atoms. The SMILES string of the molecule is Cc1cc2oc3c(c(=O)c2cc1Cl)[C@@H](c1ccccc1F)N(CCO)C3=O. The van der Waals surface area contributed by atoms with E-state index in [1.807, 2.05) is 0 Å². The summed E-state index contributed by atoms with van der Waals surface area (Å²) in [5, 5.41) is 10.00. The Hall–Kier alpha value is -2.70. The lowest BCUT2D eigenvalue weighted by atomic mass is 9.98. The summed E-state index contributed by atoms with van der Waals surface area (Å²) in [5.74, 6) is -1.23. The van der Waals surface area contributed by atoms with Crippen LogP contribution in [-0.2, 0) is 0 Å². The van der Waals surface area contributed by atoms with Crippen molar-refractivity contribution in [3.05, 3.63) is 79.9 Å². The van der Waals surface area contributed by atoms with E-state index in [-0.39, 0.29) is 41.0 Å². The highest BCUT2D eigenvalue weighted by Crippen LogP contribution is 2.39. The van der Waals surface area contributed by atoms with Crippen molar-refractivity contribution in [2.45, 2.75) is 13.0 Å². The molecule has 0 unspecified atom stereocenters. The Kier molecular flexibility index (Phi) is 4.25. The third-order valence-electron chi connectivity index (χ3n) is 4.79. The molecule has 5 nitrogen and oxygen atoms in total. The molecular formula is C20H15ClFNO4. The Bertz CT molecular complexity index is 1140. The first-order valence-electron chi connectivity index (χ1n) is 8.37. The number of benzene rings is 2. The lowest BCUT2D eigenvalue weighted by Crippen LogP contribution is -2.32. The number of amides is 1. The van der Waals surface area contributed by atoms with Crippen LogP contribution in [0.2, 0.25) is 5.02 Å². The molecule has 0 aliphatic carbocycles. The highest BCUT2D eigenvalue weighted by Gasteiger charge is 2.43. The van der Waals surface area contributed by atoms with Crippen molar-refractivity contribution in [3.63, 3.8) is 0 Å². The number of rotatable bonds is 3. The third kappa shape index (κ3) is 2.64. The summed E-state index contributed by atoms with van der Waals surface area (Å²) >= 11 is 6.15. The lowest BCUT2D eigenvalue weighted by molar-refractivity contribution is 0.0689. The highest BCUT2D eigenvalue weighted by atomic mass is 35.5. The second-order valence-electron chi connectivity index (χ2n) is 6.42. The van der Waals surface area contributed by atoms with E-state index >= 15 is 0 Å². The number of fused-ring (bicyclic) bond motifs is 2. The van der Waals surface area contributed by atoms with E-state index in [9.17, 15) is 19.1 Å². The van der Waals surface area contributed by atoms with Crippen molar-refractivity contribution >= 4 is 28.5 Å². The van der Waals surface area contributed by atoms with E-state index in [1.165, 1.54) is 29.2 Å². The van der Waals surface area contributed by atoms with Crippen LogP contribution in [-0.4, -0.2) is 29.1 Å². The molecule has 0 saturated carbocycles. The molecule has 2 heterocycles. The van der Waals surface area contributed by atoms with Gasteiger partial charge in [0.25, 0.3) is 5.91 Å². The zero-order valence-electron chi connectivity index (χ0n) is 14.3. The molecule has 3 aromatic rings. The molecular weight excluding hydrogens is 373 g/mol. The summed E-state index contributed by atoms with van der Waals surface area (Å²) in [4.78, 5) is 27.3. The van der Waals surface area contributed by atoms with Gasteiger partial charge in [-0.05, 0) is 30.7 Å². The van der Waals surface area contributed by atoms with Crippen molar-refractivity contribution in [1.29, 1.82) is 0 Å². The minimum atomic E-state index is -0.971. The number of carbonyl (C=O) groups is 1. The quantitative estimate of drug-likeness (QED) is 0.747. The number of hydrogen-bond acceptors (Lipinski definition) is 4. The molecule has 0 saturated heterocycles. The third-order valence-corrected chi connectivity index (χ3v) is 5.19. The van der Waals surface area contributed by atoms with E-state index in [0.29, 0.717) is 10.6 Å². The van der Waals surface area contributed by atoms with Crippen LogP contribution in [0.1, 0.15) is 33.3 Å². The van der Waals surface area contributed by atoms with Crippen molar-refractivity contribution in [3.8, 4) is 0 Å². The number of halogens is 2. The summed E-state index contributed by atoms with van der Waals surface area (Å²) in [7, 11) is 0. The number of aliphatic hydroxyl groups excluding tert-OH is 1. The van der Waals surface area contributed by atoms with E-state index in [4.69, 9.17) is 16.0 Å². The molecule has 7 heteroatoms. The van der Waals surface area contributed by atoms with Gasteiger partial charge in [0.2, 0.25) is 5.76 Å². The minimum Gasteiger partial charge on any atom is -0.450 e. The first-order chi connectivity index (χ1) is 12.9. The second-order valence-corrected chi connectivity index (χ2v) is 6.82. The van der Waals surface area contributed by atoms with Gasteiger partial charge in [0.1, 0.15) is 11.4 Å². The summed E-state index contributed by atoms with van der Waals surface area (Å²) in [6.07, 6.45) is 0. The maximum absolute atomic E-state index is 14.5. The smallest absolute Gasteiger partial charge is 0.290 e. The summed E-state index contributed by atoms with van der Waals surface area (Å²) < 4.78 is 20.2. The Morgan fingerprint density at radius 3 is 2.70 bits per heavy atom. The number of aliphatic hydroxyl groups is 1. The summed E-state index contributed by atoms with van der Waals surface area (Å²) in [5.41, 5.74) is 0.742. The van der Waals surface area contributed by atoms with E-state index in [1.54, 1.807) is 19.1 Å².